The molecule has 0 bridgehead atoms. The summed E-state index contributed by atoms with van der Waals surface area (Å²) in [4.78, 5) is 8.48. The second kappa shape index (κ2) is 5.77. The Morgan fingerprint density at radius 3 is 3.31 bits per heavy atom. The Labute approximate surface area is 95.6 Å². The molecule has 1 aromatic rings. The zero-order chi connectivity index (χ0) is 11.2. The number of rotatable bonds is 5. The van der Waals surface area contributed by atoms with Gasteiger partial charge in [0.05, 0.1) is 0 Å². The van der Waals surface area contributed by atoms with E-state index >= 15 is 0 Å². The molecule has 0 amide bonds. The Bertz CT molecular complexity index is 326. The fourth-order valence-corrected chi connectivity index (χ4v) is 1.83. The lowest BCUT2D eigenvalue weighted by atomic mass is 10.1. The number of ether oxygens (including phenoxy) is 1. The molecule has 0 aliphatic carbocycles. The Kier molecular flexibility index (Phi) is 4.07. The minimum Gasteiger partial charge on any atom is -0.377 e. The molecule has 0 radical (unpaired) electrons. The van der Waals surface area contributed by atoms with Gasteiger partial charge in [0.25, 0.3) is 0 Å². The summed E-state index contributed by atoms with van der Waals surface area (Å²) >= 11 is 0. The Balaban J connectivity index is 1.85. The molecule has 1 aliphatic rings. The zero-order valence-electron chi connectivity index (χ0n) is 9.57. The highest BCUT2D eigenvalue weighted by Gasteiger charge is 2.13. The van der Waals surface area contributed by atoms with Crippen LogP contribution in [-0.2, 0) is 11.3 Å². The first-order chi connectivity index (χ1) is 7.88. The number of hydrogen-bond acceptors (Lipinski definition) is 5. The summed E-state index contributed by atoms with van der Waals surface area (Å²) in [5, 5.41) is 6.69. The van der Waals surface area contributed by atoms with Crippen molar-refractivity contribution < 1.29 is 4.74 Å². The van der Waals surface area contributed by atoms with Crippen LogP contribution in [0.5, 0.6) is 0 Å². The molecule has 1 fully saturated rings. The van der Waals surface area contributed by atoms with Gasteiger partial charge in [0.2, 0.25) is 0 Å². The normalized spacial score (nSPS) is 19.9. The van der Waals surface area contributed by atoms with Crippen LogP contribution in [0, 0.1) is 5.92 Å². The highest BCUT2D eigenvalue weighted by Crippen LogP contribution is 2.09. The SMILES string of the molecule is COCc1nccc(NC[C@@H]2CCNC2)n1. The second-order valence-corrected chi connectivity index (χ2v) is 4.03. The maximum atomic E-state index is 5.00. The van der Waals surface area contributed by atoms with E-state index in [2.05, 4.69) is 20.6 Å². The molecule has 0 saturated carbocycles. The second-order valence-electron chi connectivity index (χ2n) is 4.03. The monoisotopic (exact) mass is 222 g/mol. The van der Waals surface area contributed by atoms with Crippen molar-refractivity contribution in [3.63, 3.8) is 0 Å². The van der Waals surface area contributed by atoms with E-state index in [0.29, 0.717) is 12.5 Å². The third kappa shape index (κ3) is 3.15. The van der Waals surface area contributed by atoms with Crippen LogP contribution in [0.15, 0.2) is 12.3 Å². The molecular formula is C11H18N4O. The van der Waals surface area contributed by atoms with E-state index in [1.807, 2.05) is 6.07 Å². The van der Waals surface area contributed by atoms with Crippen LogP contribution in [0.3, 0.4) is 0 Å². The predicted molar refractivity (Wildman–Crippen MR) is 62.2 cm³/mol. The lowest BCUT2D eigenvalue weighted by molar-refractivity contribution is 0.178. The molecule has 1 saturated heterocycles. The minimum atomic E-state index is 0.459. The van der Waals surface area contributed by atoms with Crippen molar-refractivity contribution in [3.8, 4) is 0 Å². The van der Waals surface area contributed by atoms with Gasteiger partial charge in [-0.15, -0.1) is 0 Å². The molecule has 0 spiro atoms. The maximum absolute atomic E-state index is 5.00. The molecule has 2 N–H and O–H groups in total. The van der Waals surface area contributed by atoms with E-state index in [1.54, 1.807) is 13.3 Å². The average molecular weight is 222 g/mol. The first-order valence-electron chi connectivity index (χ1n) is 5.64. The van der Waals surface area contributed by atoms with E-state index in [0.717, 1.165) is 31.3 Å². The Morgan fingerprint density at radius 1 is 1.62 bits per heavy atom. The summed E-state index contributed by atoms with van der Waals surface area (Å²) in [5.74, 6) is 2.31. The van der Waals surface area contributed by atoms with E-state index < -0.39 is 0 Å². The molecule has 1 aromatic heterocycles. The number of nitrogens with one attached hydrogen (secondary N) is 2. The number of anilines is 1. The van der Waals surface area contributed by atoms with E-state index in [-0.39, 0.29) is 0 Å². The fourth-order valence-electron chi connectivity index (χ4n) is 1.83. The summed E-state index contributed by atoms with van der Waals surface area (Å²) in [6, 6.07) is 1.89. The summed E-state index contributed by atoms with van der Waals surface area (Å²) in [6.07, 6.45) is 3.00. The number of hydrogen-bond donors (Lipinski definition) is 2. The van der Waals surface area contributed by atoms with Crippen LogP contribution in [0.4, 0.5) is 5.82 Å². The highest BCUT2D eigenvalue weighted by molar-refractivity contribution is 5.32. The van der Waals surface area contributed by atoms with Crippen LogP contribution in [0.2, 0.25) is 0 Å². The van der Waals surface area contributed by atoms with Gasteiger partial charge in [-0.25, -0.2) is 9.97 Å². The van der Waals surface area contributed by atoms with Gasteiger partial charge in [-0.1, -0.05) is 0 Å². The van der Waals surface area contributed by atoms with Gasteiger partial charge in [0, 0.05) is 19.9 Å². The molecule has 88 valence electrons. The highest BCUT2D eigenvalue weighted by atomic mass is 16.5. The third-order valence-corrected chi connectivity index (χ3v) is 2.71. The predicted octanol–water partition coefficient (Wildman–Crippen LogP) is 0.644. The van der Waals surface area contributed by atoms with Crippen molar-refractivity contribution in [2.45, 2.75) is 13.0 Å². The van der Waals surface area contributed by atoms with Crippen LogP contribution in [-0.4, -0.2) is 36.7 Å². The topological polar surface area (TPSA) is 59.1 Å². The van der Waals surface area contributed by atoms with Gasteiger partial charge in [-0.05, 0) is 31.5 Å². The molecule has 0 aromatic carbocycles. The van der Waals surface area contributed by atoms with Crippen LogP contribution in [0.25, 0.3) is 0 Å². The Hall–Kier alpha value is -1.20. The van der Waals surface area contributed by atoms with Gasteiger partial charge in [0.15, 0.2) is 5.82 Å². The maximum Gasteiger partial charge on any atom is 0.156 e. The van der Waals surface area contributed by atoms with Crippen molar-refractivity contribution in [2.24, 2.45) is 5.92 Å². The largest absolute Gasteiger partial charge is 0.377 e. The molecule has 1 aliphatic heterocycles. The van der Waals surface area contributed by atoms with E-state index in [9.17, 15) is 0 Å². The first kappa shape index (κ1) is 11.3. The van der Waals surface area contributed by atoms with Crippen LogP contribution >= 0.6 is 0 Å². The Morgan fingerprint density at radius 2 is 2.56 bits per heavy atom. The molecule has 16 heavy (non-hydrogen) atoms. The molecular weight excluding hydrogens is 204 g/mol. The van der Waals surface area contributed by atoms with Gasteiger partial charge in [-0.2, -0.15) is 0 Å². The van der Waals surface area contributed by atoms with Crippen molar-refractivity contribution >= 4 is 5.82 Å². The number of aromatic nitrogens is 2. The molecule has 1 atom stereocenters. The summed E-state index contributed by atoms with van der Waals surface area (Å²) in [6.45, 7) is 3.66. The smallest absolute Gasteiger partial charge is 0.156 e. The fraction of sp³-hybridized carbons (Fsp3) is 0.636. The molecule has 0 unspecified atom stereocenters. The van der Waals surface area contributed by atoms with Gasteiger partial charge in [-0.3, -0.25) is 0 Å². The van der Waals surface area contributed by atoms with E-state index in [4.69, 9.17) is 4.74 Å². The van der Waals surface area contributed by atoms with Crippen molar-refractivity contribution in [3.05, 3.63) is 18.1 Å². The van der Waals surface area contributed by atoms with Crippen molar-refractivity contribution in [1.29, 1.82) is 0 Å². The lowest BCUT2D eigenvalue weighted by Crippen LogP contribution is -2.18. The molecule has 5 heteroatoms. The van der Waals surface area contributed by atoms with Gasteiger partial charge in [0.1, 0.15) is 12.4 Å². The van der Waals surface area contributed by atoms with Crippen LogP contribution in [0.1, 0.15) is 12.2 Å². The summed E-state index contributed by atoms with van der Waals surface area (Å²) in [7, 11) is 1.65. The lowest BCUT2D eigenvalue weighted by Gasteiger charge is -2.10. The molecule has 2 heterocycles. The third-order valence-electron chi connectivity index (χ3n) is 2.71. The molecule has 5 nitrogen and oxygen atoms in total. The number of methoxy groups -OCH3 is 1. The van der Waals surface area contributed by atoms with Crippen molar-refractivity contribution in [2.75, 3.05) is 32.1 Å². The van der Waals surface area contributed by atoms with E-state index in [1.165, 1.54) is 6.42 Å². The standard InChI is InChI=1S/C11H18N4O/c1-16-8-11-13-5-3-10(15-11)14-7-9-2-4-12-6-9/h3,5,9,12H,2,4,6-8H2,1H3,(H,13,14,15)/t9-/m1/s1. The van der Waals surface area contributed by atoms with Gasteiger partial charge < -0.3 is 15.4 Å². The molecule has 2 rings (SSSR count). The van der Waals surface area contributed by atoms with Crippen molar-refractivity contribution in [1.82, 2.24) is 15.3 Å². The number of nitrogens with zero attached hydrogens (tertiary/aromatic N) is 2. The minimum absolute atomic E-state index is 0.459. The van der Waals surface area contributed by atoms with Crippen LogP contribution < -0.4 is 10.6 Å². The summed E-state index contributed by atoms with van der Waals surface area (Å²) in [5.41, 5.74) is 0. The average Bonchev–Trinajstić information content (AvgIpc) is 2.80. The summed E-state index contributed by atoms with van der Waals surface area (Å²) < 4.78 is 5.00. The quantitative estimate of drug-likeness (QED) is 0.766. The van der Waals surface area contributed by atoms with Gasteiger partial charge >= 0.3 is 0 Å². The zero-order valence-corrected chi connectivity index (χ0v) is 9.57. The first-order valence-corrected chi connectivity index (χ1v) is 5.64.